The first-order valence-electron chi connectivity index (χ1n) is 10.7. The average molecular weight is 440 g/mol. The number of aromatic nitrogens is 1. The lowest BCUT2D eigenvalue weighted by molar-refractivity contribution is 0.0600. The van der Waals surface area contributed by atoms with Gasteiger partial charge in [0, 0.05) is 10.9 Å². The van der Waals surface area contributed by atoms with Crippen molar-refractivity contribution < 1.29 is 19.1 Å². The van der Waals surface area contributed by atoms with Gasteiger partial charge < -0.3 is 9.47 Å². The van der Waals surface area contributed by atoms with Crippen molar-refractivity contribution in [2.75, 3.05) is 7.11 Å². The third-order valence-corrected chi connectivity index (χ3v) is 5.68. The number of benzene rings is 3. The minimum absolute atomic E-state index is 0.346. The van der Waals surface area contributed by atoms with E-state index in [1.165, 1.54) is 7.11 Å². The highest BCUT2D eigenvalue weighted by Gasteiger charge is 2.22. The van der Waals surface area contributed by atoms with E-state index in [0.29, 0.717) is 16.9 Å². The van der Waals surface area contributed by atoms with E-state index in [0.717, 1.165) is 44.4 Å². The minimum Gasteiger partial charge on any atom is -0.465 e. The van der Waals surface area contributed by atoms with Crippen LogP contribution in [0.1, 0.15) is 43.0 Å². The fourth-order valence-electron chi connectivity index (χ4n) is 4.01. The number of hydrogen-bond donors (Lipinski definition) is 0. The first-order valence-corrected chi connectivity index (χ1v) is 10.7. The van der Waals surface area contributed by atoms with Gasteiger partial charge in [-0.2, -0.15) is 0 Å². The fraction of sp³-hybridized carbons (Fsp3) is 0.179. The number of hydrogen-bond acceptors (Lipinski definition) is 5. The number of fused-ring (bicyclic) bond motifs is 1. The molecule has 1 heterocycles. The third kappa shape index (κ3) is 4.35. The number of carbonyl (C=O) groups excluding carboxylic acids is 2. The number of methoxy groups -OCH3 is 1. The Morgan fingerprint density at radius 2 is 1.45 bits per heavy atom. The van der Waals surface area contributed by atoms with Gasteiger partial charge >= 0.3 is 11.9 Å². The van der Waals surface area contributed by atoms with Gasteiger partial charge in [0.25, 0.3) is 0 Å². The van der Waals surface area contributed by atoms with E-state index < -0.39 is 11.9 Å². The Kier molecular flexibility index (Phi) is 5.97. The van der Waals surface area contributed by atoms with Crippen molar-refractivity contribution in [2.24, 2.45) is 0 Å². The SMILES string of the molecule is COC(=O)c1ccc(OC(=O)c2c(C)c(-c3ccc(C)cc3)nc3c(C)cc(C)cc23)cc1. The highest BCUT2D eigenvalue weighted by Crippen LogP contribution is 2.33. The van der Waals surface area contributed by atoms with Crippen LogP contribution in [0.5, 0.6) is 5.75 Å². The summed E-state index contributed by atoms with van der Waals surface area (Å²) in [6.07, 6.45) is 0. The maximum Gasteiger partial charge on any atom is 0.344 e. The molecule has 1 aromatic heterocycles. The van der Waals surface area contributed by atoms with E-state index in [4.69, 9.17) is 14.5 Å². The van der Waals surface area contributed by atoms with Gasteiger partial charge in [0.2, 0.25) is 0 Å². The molecule has 0 saturated heterocycles. The monoisotopic (exact) mass is 439 g/mol. The molecule has 33 heavy (non-hydrogen) atoms. The Labute approximate surface area is 193 Å². The van der Waals surface area contributed by atoms with E-state index in [2.05, 4.69) is 6.07 Å². The molecule has 0 saturated carbocycles. The van der Waals surface area contributed by atoms with Crippen LogP contribution < -0.4 is 4.74 Å². The molecule has 5 nitrogen and oxygen atoms in total. The van der Waals surface area contributed by atoms with Crippen molar-refractivity contribution in [1.29, 1.82) is 0 Å². The Morgan fingerprint density at radius 1 is 0.788 bits per heavy atom. The largest absolute Gasteiger partial charge is 0.465 e. The van der Waals surface area contributed by atoms with E-state index in [1.807, 2.05) is 58.0 Å². The summed E-state index contributed by atoms with van der Waals surface area (Å²) >= 11 is 0. The number of pyridine rings is 1. The van der Waals surface area contributed by atoms with E-state index >= 15 is 0 Å². The molecule has 0 bridgehead atoms. The molecule has 4 rings (SSSR count). The second-order valence-electron chi connectivity index (χ2n) is 8.21. The molecule has 0 aliphatic rings. The molecule has 0 N–H and O–H groups in total. The summed E-state index contributed by atoms with van der Waals surface area (Å²) < 4.78 is 10.5. The highest BCUT2D eigenvalue weighted by atomic mass is 16.5. The number of nitrogens with zero attached hydrogens (tertiary/aromatic N) is 1. The molecule has 4 aromatic rings. The second-order valence-corrected chi connectivity index (χ2v) is 8.21. The van der Waals surface area contributed by atoms with Crippen LogP contribution in [-0.4, -0.2) is 24.0 Å². The van der Waals surface area contributed by atoms with Gasteiger partial charge in [-0.25, -0.2) is 14.6 Å². The Hall–Kier alpha value is -3.99. The number of esters is 2. The van der Waals surface area contributed by atoms with Crippen LogP contribution in [0.2, 0.25) is 0 Å². The van der Waals surface area contributed by atoms with Crippen molar-refractivity contribution in [3.05, 3.63) is 94.0 Å². The quantitative estimate of drug-likeness (QED) is 0.282. The molecule has 0 aliphatic heterocycles. The zero-order valence-electron chi connectivity index (χ0n) is 19.4. The topological polar surface area (TPSA) is 65.5 Å². The van der Waals surface area contributed by atoms with Crippen molar-refractivity contribution in [1.82, 2.24) is 4.98 Å². The number of ether oxygens (including phenoxy) is 2. The van der Waals surface area contributed by atoms with Gasteiger partial charge in [-0.3, -0.25) is 0 Å². The Bertz CT molecular complexity index is 1370. The Morgan fingerprint density at radius 3 is 2.09 bits per heavy atom. The maximum atomic E-state index is 13.4. The first-order chi connectivity index (χ1) is 15.8. The smallest absolute Gasteiger partial charge is 0.344 e. The molecule has 3 aromatic carbocycles. The zero-order valence-corrected chi connectivity index (χ0v) is 19.4. The molecule has 0 unspecified atom stereocenters. The van der Waals surface area contributed by atoms with Crippen LogP contribution >= 0.6 is 0 Å². The lowest BCUT2D eigenvalue weighted by Crippen LogP contribution is -2.13. The molecular formula is C28H25NO4. The van der Waals surface area contributed by atoms with Crippen molar-refractivity contribution >= 4 is 22.8 Å². The fourth-order valence-corrected chi connectivity index (χ4v) is 4.01. The maximum absolute atomic E-state index is 13.4. The van der Waals surface area contributed by atoms with E-state index in [9.17, 15) is 9.59 Å². The number of rotatable bonds is 4. The van der Waals surface area contributed by atoms with Crippen molar-refractivity contribution in [3.63, 3.8) is 0 Å². The van der Waals surface area contributed by atoms with Gasteiger partial charge in [-0.1, -0.05) is 41.5 Å². The summed E-state index contributed by atoms with van der Waals surface area (Å²) in [7, 11) is 1.32. The molecule has 0 fully saturated rings. The highest BCUT2D eigenvalue weighted by molar-refractivity contribution is 6.08. The standard InChI is InChI=1S/C28H25NO4/c1-16-6-8-20(9-7-16)26-19(4)24(23-15-17(2)14-18(3)25(23)29-26)28(31)33-22-12-10-21(11-13-22)27(30)32-5/h6-15H,1-5H3. The summed E-state index contributed by atoms with van der Waals surface area (Å²) in [5, 5.41) is 0.761. The number of aryl methyl sites for hydroxylation is 3. The van der Waals surface area contributed by atoms with Gasteiger partial charge in [0.15, 0.2) is 0 Å². The summed E-state index contributed by atoms with van der Waals surface area (Å²) in [6, 6.07) is 18.4. The third-order valence-electron chi connectivity index (χ3n) is 5.68. The van der Waals surface area contributed by atoms with Gasteiger partial charge in [-0.15, -0.1) is 0 Å². The predicted octanol–water partition coefficient (Wildman–Crippen LogP) is 6.14. The van der Waals surface area contributed by atoms with Gasteiger partial charge in [0.05, 0.1) is 29.4 Å². The lowest BCUT2D eigenvalue weighted by atomic mass is 9.95. The van der Waals surface area contributed by atoms with Crippen LogP contribution in [0, 0.1) is 27.7 Å². The molecular weight excluding hydrogens is 414 g/mol. The molecule has 166 valence electrons. The number of carbonyl (C=O) groups is 2. The molecule has 5 heteroatoms. The summed E-state index contributed by atoms with van der Waals surface area (Å²) in [6.45, 7) is 7.93. The van der Waals surface area contributed by atoms with Crippen LogP contribution in [-0.2, 0) is 4.74 Å². The van der Waals surface area contributed by atoms with Crippen LogP contribution in [0.25, 0.3) is 22.2 Å². The predicted molar refractivity (Wildman–Crippen MR) is 129 cm³/mol. The summed E-state index contributed by atoms with van der Waals surface area (Å²) in [5.74, 6) is -0.570. The molecule has 0 spiro atoms. The lowest BCUT2D eigenvalue weighted by Gasteiger charge is -2.16. The van der Waals surface area contributed by atoms with E-state index in [-0.39, 0.29) is 0 Å². The molecule has 0 radical (unpaired) electrons. The summed E-state index contributed by atoms with van der Waals surface area (Å²) in [5.41, 5.74) is 7.28. The van der Waals surface area contributed by atoms with E-state index in [1.54, 1.807) is 24.3 Å². The molecule has 0 amide bonds. The minimum atomic E-state index is -0.468. The van der Waals surface area contributed by atoms with Crippen LogP contribution in [0.4, 0.5) is 0 Å². The molecule has 0 aliphatic carbocycles. The van der Waals surface area contributed by atoms with Crippen LogP contribution in [0.15, 0.2) is 60.7 Å². The summed E-state index contributed by atoms with van der Waals surface area (Å²) in [4.78, 5) is 30.1. The Balaban J connectivity index is 1.84. The van der Waals surface area contributed by atoms with Gasteiger partial charge in [-0.05, 0) is 69.2 Å². The van der Waals surface area contributed by atoms with Crippen LogP contribution in [0.3, 0.4) is 0 Å². The second kappa shape index (κ2) is 8.87. The van der Waals surface area contributed by atoms with Gasteiger partial charge in [0.1, 0.15) is 5.75 Å². The first kappa shape index (κ1) is 22.2. The average Bonchev–Trinajstić information content (AvgIpc) is 2.79. The normalized spacial score (nSPS) is 10.8. The van der Waals surface area contributed by atoms with Crippen molar-refractivity contribution in [2.45, 2.75) is 27.7 Å². The van der Waals surface area contributed by atoms with Crippen molar-refractivity contribution in [3.8, 4) is 17.0 Å². The molecule has 0 atom stereocenters. The zero-order chi connectivity index (χ0) is 23.7.